The molecule has 0 saturated carbocycles. The number of benzene rings is 1. The monoisotopic (exact) mass is 286 g/mol. The zero-order valence-electron chi connectivity index (χ0n) is 11.0. The summed E-state index contributed by atoms with van der Waals surface area (Å²) in [5.41, 5.74) is 6.52. The van der Waals surface area contributed by atoms with Gasteiger partial charge < -0.3 is 10.6 Å². The number of carbonyl (C=O) groups excluding carboxylic acids is 1. The number of nitrogens with zero attached hydrogens (tertiary/aromatic N) is 1. The fraction of sp³-hybridized carbons (Fsp3) is 0.500. The van der Waals surface area contributed by atoms with E-state index in [0.717, 1.165) is 12.0 Å². The van der Waals surface area contributed by atoms with Crippen LogP contribution in [0.3, 0.4) is 0 Å². The van der Waals surface area contributed by atoms with Gasteiger partial charge in [0.05, 0.1) is 0 Å². The molecule has 2 unspecified atom stereocenters. The maximum absolute atomic E-state index is 12.9. The number of amides is 1. The molecule has 0 radical (unpaired) electrons. The molecule has 0 bridgehead atoms. The molecule has 1 amide bonds. The van der Waals surface area contributed by atoms with Crippen molar-refractivity contribution in [2.24, 2.45) is 5.73 Å². The summed E-state index contributed by atoms with van der Waals surface area (Å²) in [6.45, 7) is 3.16. The summed E-state index contributed by atoms with van der Waals surface area (Å²) >= 11 is 0. The number of nitrogens with two attached hydrogens (primary N) is 1. The Balaban J connectivity index is 0.00000180. The van der Waals surface area contributed by atoms with Crippen LogP contribution in [0, 0.1) is 5.82 Å². The van der Waals surface area contributed by atoms with Crippen LogP contribution in [-0.4, -0.2) is 29.9 Å². The van der Waals surface area contributed by atoms with Crippen LogP contribution in [0.1, 0.15) is 31.2 Å². The van der Waals surface area contributed by atoms with E-state index in [1.807, 2.05) is 17.0 Å². The van der Waals surface area contributed by atoms with Crippen LogP contribution < -0.4 is 5.73 Å². The second kappa shape index (κ2) is 6.87. The van der Waals surface area contributed by atoms with Crippen molar-refractivity contribution in [3.63, 3.8) is 0 Å². The molecular formula is C14H20ClFN2O. The fourth-order valence-electron chi connectivity index (χ4n) is 2.62. The molecule has 1 fully saturated rings. The number of rotatable bonds is 3. The third kappa shape index (κ3) is 3.67. The molecule has 1 heterocycles. The van der Waals surface area contributed by atoms with Crippen molar-refractivity contribution >= 4 is 18.3 Å². The first kappa shape index (κ1) is 15.9. The zero-order chi connectivity index (χ0) is 13.1. The molecule has 1 aliphatic rings. The summed E-state index contributed by atoms with van der Waals surface area (Å²) in [6.07, 6.45) is 1.34. The quantitative estimate of drug-likeness (QED) is 0.927. The van der Waals surface area contributed by atoms with Gasteiger partial charge in [-0.2, -0.15) is 0 Å². The van der Waals surface area contributed by atoms with E-state index >= 15 is 0 Å². The molecule has 0 aromatic heterocycles. The largest absolute Gasteiger partial charge is 0.339 e. The van der Waals surface area contributed by atoms with E-state index in [2.05, 4.69) is 6.92 Å². The molecule has 106 valence electrons. The Hall–Kier alpha value is -1.13. The number of likely N-dealkylation sites (tertiary alicyclic amines) is 1. The third-order valence-corrected chi connectivity index (χ3v) is 3.59. The van der Waals surface area contributed by atoms with Crippen LogP contribution in [0.25, 0.3) is 0 Å². The van der Waals surface area contributed by atoms with Crippen molar-refractivity contribution in [1.29, 1.82) is 0 Å². The summed E-state index contributed by atoms with van der Waals surface area (Å²) < 4.78 is 12.9. The van der Waals surface area contributed by atoms with Gasteiger partial charge in [-0.3, -0.25) is 4.79 Å². The van der Waals surface area contributed by atoms with Gasteiger partial charge in [0.2, 0.25) is 5.91 Å². The average Bonchev–Trinajstić information content (AvgIpc) is 2.72. The highest BCUT2D eigenvalue weighted by Crippen LogP contribution is 2.31. The van der Waals surface area contributed by atoms with Crippen molar-refractivity contribution in [3.8, 4) is 0 Å². The van der Waals surface area contributed by atoms with Crippen molar-refractivity contribution < 1.29 is 9.18 Å². The van der Waals surface area contributed by atoms with Crippen molar-refractivity contribution in [2.75, 3.05) is 13.1 Å². The van der Waals surface area contributed by atoms with Gasteiger partial charge in [-0.1, -0.05) is 12.1 Å². The maximum atomic E-state index is 12.9. The summed E-state index contributed by atoms with van der Waals surface area (Å²) in [5, 5.41) is 0. The zero-order valence-corrected chi connectivity index (χ0v) is 11.8. The van der Waals surface area contributed by atoms with E-state index in [1.165, 1.54) is 12.1 Å². The molecule has 1 aromatic carbocycles. The average molecular weight is 287 g/mol. The molecule has 5 heteroatoms. The third-order valence-electron chi connectivity index (χ3n) is 3.59. The summed E-state index contributed by atoms with van der Waals surface area (Å²) in [6, 6.07) is 6.81. The molecule has 2 rings (SSSR count). The van der Waals surface area contributed by atoms with Crippen molar-refractivity contribution in [2.45, 2.75) is 31.7 Å². The van der Waals surface area contributed by atoms with Gasteiger partial charge >= 0.3 is 0 Å². The van der Waals surface area contributed by atoms with Crippen LogP contribution in [0.4, 0.5) is 4.39 Å². The molecular weight excluding hydrogens is 267 g/mol. The van der Waals surface area contributed by atoms with E-state index < -0.39 is 0 Å². The lowest BCUT2D eigenvalue weighted by Gasteiger charge is -2.21. The SMILES string of the molecule is CC1CC(c2ccc(F)cc2)CN1C(=O)CCN.Cl. The predicted octanol–water partition coefficient (Wildman–Crippen LogP) is 2.30. The van der Waals surface area contributed by atoms with E-state index in [-0.39, 0.29) is 30.2 Å². The van der Waals surface area contributed by atoms with Crippen LogP contribution in [0.15, 0.2) is 24.3 Å². The fourth-order valence-corrected chi connectivity index (χ4v) is 2.62. The lowest BCUT2D eigenvalue weighted by atomic mass is 9.97. The number of hydrogen-bond acceptors (Lipinski definition) is 2. The maximum Gasteiger partial charge on any atom is 0.224 e. The predicted molar refractivity (Wildman–Crippen MR) is 75.9 cm³/mol. The minimum atomic E-state index is -0.221. The molecule has 1 aromatic rings. The van der Waals surface area contributed by atoms with Crippen molar-refractivity contribution in [1.82, 2.24) is 4.90 Å². The lowest BCUT2D eigenvalue weighted by Crippen LogP contribution is -2.35. The number of carbonyl (C=O) groups is 1. The van der Waals surface area contributed by atoms with Crippen LogP contribution >= 0.6 is 12.4 Å². The van der Waals surface area contributed by atoms with Gasteiger partial charge in [-0.25, -0.2) is 4.39 Å². The Morgan fingerprint density at radius 3 is 2.63 bits per heavy atom. The molecule has 1 saturated heterocycles. The van der Waals surface area contributed by atoms with Gasteiger partial charge in [0, 0.05) is 31.5 Å². The van der Waals surface area contributed by atoms with E-state index in [9.17, 15) is 9.18 Å². The van der Waals surface area contributed by atoms with Gasteiger partial charge in [0.25, 0.3) is 0 Å². The van der Waals surface area contributed by atoms with Crippen LogP contribution in [-0.2, 0) is 4.79 Å². The first-order valence-electron chi connectivity index (χ1n) is 6.37. The first-order valence-corrected chi connectivity index (χ1v) is 6.37. The highest BCUT2D eigenvalue weighted by molar-refractivity contribution is 5.85. The van der Waals surface area contributed by atoms with Gasteiger partial charge in [-0.05, 0) is 31.0 Å². The van der Waals surface area contributed by atoms with E-state index in [0.29, 0.717) is 25.4 Å². The molecule has 1 aliphatic heterocycles. The Labute approximate surface area is 119 Å². The Bertz CT molecular complexity index is 424. The van der Waals surface area contributed by atoms with E-state index in [1.54, 1.807) is 0 Å². The summed E-state index contributed by atoms with van der Waals surface area (Å²) in [4.78, 5) is 13.8. The van der Waals surface area contributed by atoms with E-state index in [4.69, 9.17) is 5.73 Å². The Morgan fingerprint density at radius 1 is 1.42 bits per heavy atom. The molecule has 3 nitrogen and oxygen atoms in total. The van der Waals surface area contributed by atoms with Gasteiger partial charge in [0.1, 0.15) is 5.82 Å². The highest BCUT2D eigenvalue weighted by Gasteiger charge is 2.32. The Kier molecular flexibility index (Phi) is 5.76. The summed E-state index contributed by atoms with van der Waals surface area (Å²) in [5.74, 6) is 0.206. The van der Waals surface area contributed by atoms with Gasteiger partial charge in [0.15, 0.2) is 0 Å². The van der Waals surface area contributed by atoms with Crippen LogP contribution in [0.5, 0.6) is 0 Å². The summed E-state index contributed by atoms with van der Waals surface area (Å²) in [7, 11) is 0. The highest BCUT2D eigenvalue weighted by atomic mass is 35.5. The number of halogens is 2. The smallest absolute Gasteiger partial charge is 0.224 e. The first-order chi connectivity index (χ1) is 8.61. The minimum absolute atomic E-state index is 0. The molecule has 2 N–H and O–H groups in total. The second-order valence-electron chi connectivity index (χ2n) is 4.92. The Morgan fingerprint density at radius 2 is 2.05 bits per heavy atom. The number of hydrogen-bond donors (Lipinski definition) is 1. The lowest BCUT2D eigenvalue weighted by molar-refractivity contribution is -0.131. The molecule has 0 spiro atoms. The van der Waals surface area contributed by atoms with Crippen LogP contribution in [0.2, 0.25) is 0 Å². The minimum Gasteiger partial charge on any atom is -0.339 e. The van der Waals surface area contributed by atoms with Crippen molar-refractivity contribution in [3.05, 3.63) is 35.6 Å². The molecule has 19 heavy (non-hydrogen) atoms. The molecule has 2 atom stereocenters. The second-order valence-corrected chi connectivity index (χ2v) is 4.92. The topological polar surface area (TPSA) is 46.3 Å². The molecule has 0 aliphatic carbocycles. The van der Waals surface area contributed by atoms with Gasteiger partial charge in [-0.15, -0.1) is 12.4 Å². The standard InChI is InChI=1S/C14H19FN2O.ClH/c1-10-8-12(9-17(10)14(18)6-7-16)11-2-4-13(15)5-3-11;/h2-5,10,12H,6-9,16H2,1H3;1H. The normalized spacial score (nSPS) is 22.2.